The second-order valence-electron chi connectivity index (χ2n) is 6.44. The molecule has 0 spiro atoms. The molecule has 0 unspecified atom stereocenters. The molecule has 1 amide bonds. The predicted octanol–water partition coefficient (Wildman–Crippen LogP) is 2.24. The molecule has 0 fully saturated rings. The number of rotatable bonds is 4. The van der Waals surface area contributed by atoms with Gasteiger partial charge in [-0.25, -0.2) is 4.98 Å². The smallest absolute Gasteiger partial charge is 0.226 e. The van der Waals surface area contributed by atoms with Crippen LogP contribution in [0.3, 0.4) is 0 Å². The van der Waals surface area contributed by atoms with E-state index in [-0.39, 0.29) is 23.6 Å². The van der Waals surface area contributed by atoms with Gasteiger partial charge < -0.3 is 14.6 Å². The van der Waals surface area contributed by atoms with Crippen LogP contribution in [0.25, 0.3) is 0 Å². The summed E-state index contributed by atoms with van der Waals surface area (Å²) in [6.07, 6.45) is 6.13. The lowest BCUT2D eigenvalue weighted by molar-refractivity contribution is -0.136. The molecule has 1 N–H and O–H groups in total. The van der Waals surface area contributed by atoms with Crippen molar-refractivity contribution in [3.05, 3.63) is 48.0 Å². The number of benzene rings is 1. The van der Waals surface area contributed by atoms with Gasteiger partial charge in [-0.15, -0.1) is 0 Å². The second kappa shape index (κ2) is 6.44. The number of nitrogens with zero attached hydrogens (tertiary/aromatic N) is 3. The van der Waals surface area contributed by atoms with Gasteiger partial charge in [0.15, 0.2) is 0 Å². The number of hydrogen-bond acceptors (Lipinski definition) is 3. The van der Waals surface area contributed by atoms with Crippen molar-refractivity contribution in [1.29, 1.82) is 0 Å². The van der Waals surface area contributed by atoms with Crippen LogP contribution in [0.1, 0.15) is 24.6 Å². The van der Waals surface area contributed by atoms with Gasteiger partial charge in [-0.2, -0.15) is 0 Å². The highest BCUT2D eigenvalue weighted by atomic mass is 16.3. The molecule has 0 saturated heterocycles. The third kappa shape index (κ3) is 3.38. The Bertz CT molecular complexity index is 678. The SMILES string of the molecule is C[C@H](Cc1ccc(O)cc1)N(C)C(=O)[C@H]1CCn2cncc2C1. The molecule has 1 aliphatic heterocycles. The molecule has 0 bridgehead atoms. The van der Waals surface area contributed by atoms with Crippen LogP contribution in [0.4, 0.5) is 0 Å². The van der Waals surface area contributed by atoms with Gasteiger partial charge in [0, 0.05) is 43.9 Å². The maximum atomic E-state index is 12.8. The van der Waals surface area contributed by atoms with Gasteiger partial charge in [0.25, 0.3) is 0 Å². The summed E-state index contributed by atoms with van der Waals surface area (Å²) >= 11 is 0. The molecule has 23 heavy (non-hydrogen) atoms. The van der Waals surface area contributed by atoms with Crippen molar-refractivity contribution in [2.24, 2.45) is 5.92 Å². The minimum absolute atomic E-state index is 0.0477. The fourth-order valence-electron chi connectivity index (χ4n) is 3.19. The van der Waals surface area contributed by atoms with Crippen molar-refractivity contribution in [2.45, 2.75) is 38.8 Å². The molecule has 1 aliphatic rings. The average molecular weight is 313 g/mol. The van der Waals surface area contributed by atoms with E-state index >= 15 is 0 Å². The highest BCUT2D eigenvalue weighted by Gasteiger charge is 2.28. The first kappa shape index (κ1) is 15.6. The summed E-state index contributed by atoms with van der Waals surface area (Å²) in [6.45, 7) is 2.93. The predicted molar refractivity (Wildman–Crippen MR) is 88.1 cm³/mol. The maximum Gasteiger partial charge on any atom is 0.226 e. The molecule has 2 atom stereocenters. The molecule has 0 saturated carbocycles. The van der Waals surface area contributed by atoms with Gasteiger partial charge in [-0.3, -0.25) is 4.79 Å². The van der Waals surface area contributed by atoms with Crippen LogP contribution in [0.2, 0.25) is 0 Å². The fraction of sp³-hybridized carbons (Fsp3) is 0.444. The Hall–Kier alpha value is -2.30. The first-order chi connectivity index (χ1) is 11.0. The number of phenols is 1. The number of hydrogen-bond donors (Lipinski definition) is 1. The third-order valence-electron chi connectivity index (χ3n) is 4.80. The molecule has 1 aromatic heterocycles. The average Bonchev–Trinajstić information content (AvgIpc) is 3.03. The zero-order valence-electron chi connectivity index (χ0n) is 13.6. The van der Waals surface area contributed by atoms with Crippen molar-refractivity contribution in [1.82, 2.24) is 14.5 Å². The van der Waals surface area contributed by atoms with Gasteiger partial charge in [0.05, 0.1) is 6.33 Å². The maximum absolute atomic E-state index is 12.8. The highest BCUT2D eigenvalue weighted by molar-refractivity contribution is 5.79. The Kier molecular flexibility index (Phi) is 4.37. The van der Waals surface area contributed by atoms with E-state index in [0.29, 0.717) is 0 Å². The largest absolute Gasteiger partial charge is 0.508 e. The van der Waals surface area contributed by atoms with Crippen LogP contribution in [0.15, 0.2) is 36.8 Å². The number of fused-ring (bicyclic) bond motifs is 1. The number of carbonyl (C=O) groups is 1. The van der Waals surface area contributed by atoms with Crippen LogP contribution in [0.5, 0.6) is 5.75 Å². The number of amides is 1. The monoisotopic (exact) mass is 313 g/mol. The van der Waals surface area contributed by atoms with Crippen molar-refractivity contribution in [2.75, 3.05) is 7.05 Å². The Morgan fingerprint density at radius 3 is 2.91 bits per heavy atom. The van der Waals surface area contributed by atoms with Gasteiger partial charge >= 0.3 is 0 Å². The number of imidazole rings is 1. The minimum Gasteiger partial charge on any atom is -0.508 e. The minimum atomic E-state index is 0.0477. The zero-order valence-corrected chi connectivity index (χ0v) is 13.6. The van der Waals surface area contributed by atoms with Crippen LogP contribution in [0, 0.1) is 5.92 Å². The molecule has 1 aromatic carbocycles. The zero-order chi connectivity index (χ0) is 16.4. The van der Waals surface area contributed by atoms with Gasteiger partial charge in [-0.05, 0) is 37.5 Å². The lowest BCUT2D eigenvalue weighted by Crippen LogP contribution is -2.42. The lowest BCUT2D eigenvalue weighted by Gasteiger charge is -2.31. The fourth-order valence-corrected chi connectivity index (χ4v) is 3.19. The number of likely N-dealkylation sites (N-methyl/N-ethyl adjacent to an activating group) is 1. The van der Waals surface area contributed by atoms with Gasteiger partial charge in [0.1, 0.15) is 5.75 Å². The normalized spacial score (nSPS) is 18.3. The standard InChI is InChI=1S/C18H23N3O2/c1-13(9-14-3-5-17(22)6-4-14)20(2)18(23)15-7-8-21-12-19-11-16(21)10-15/h3-6,11-13,15,22H,7-10H2,1-2H3/t13-,15+/m1/s1. The Labute approximate surface area is 136 Å². The summed E-state index contributed by atoms with van der Waals surface area (Å²) in [7, 11) is 1.89. The van der Waals surface area contributed by atoms with Gasteiger partial charge in [0.2, 0.25) is 5.91 Å². The van der Waals surface area contributed by atoms with Crippen LogP contribution >= 0.6 is 0 Å². The highest BCUT2D eigenvalue weighted by Crippen LogP contribution is 2.23. The van der Waals surface area contributed by atoms with Crippen molar-refractivity contribution >= 4 is 5.91 Å². The van der Waals surface area contributed by atoms with Crippen molar-refractivity contribution < 1.29 is 9.90 Å². The number of aromatic nitrogens is 2. The number of aryl methyl sites for hydroxylation is 1. The molecule has 0 aliphatic carbocycles. The van der Waals surface area contributed by atoms with E-state index in [1.54, 1.807) is 12.1 Å². The Balaban J connectivity index is 1.61. The second-order valence-corrected chi connectivity index (χ2v) is 6.44. The topological polar surface area (TPSA) is 58.4 Å². The molecule has 5 heteroatoms. The molecule has 2 aromatic rings. The summed E-state index contributed by atoms with van der Waals surface area (Å²) in [6, 6.07) is 7.31. The van der Waals surface area contributed by atoms with E-state index in [4.69, 9.17) is 0 Å². The first-order valence-corrected chi connectivity index (χ1v) is 8.08. The summed E-state index contributed by atoms with van der Waals surface area (Å²) in [4.78, 5) is 18.8. The van der Waals surface area contributed by atoms with Crippen LogP contribution in [-0.4, -0.2) is 38.6 Å². The first-order valence-electron chi connectivity index (χ1n) is 8.08. The number of phenolic OH excluding ortho intramolecular Hbond substituents is 1. The van der Waals surface area contributed by atoms with Crippen LogP contribution in [-0.2, 0) is 24.2 Å². The third-order valence-corrected chi connectivity index (χ3v) is 4.80. The van der Waals surface area contributed by atoms with Crippen molar-refractivity contribution in [3.63, 3.8) is 0 Å². The molecule has 3 rings (SSSR count). The van der Waals surface area contributed by atoms with E-state index in [1.807, 2.05) is 36.6 Å². The summed E-state index contributed by atoms with van der Waals surface area (Å²) in [5, 5.41) is 9.35. The van der Waals surface area contributed by atoms with E-state index < -0.39 is 0 Å². The molecule has 5 nitrogen and oxygen atoms in total. The summed E-state index contributed by atoms with van der Waals surface area (Å²) in [5.74, 6) is 0.528. The molecule has 122 valence electrons. The number of carbonyl (C=O) groups excluding carboxylic acids is 1. The molecular weight excluding hydrogens is 290 g/mol. The Morgan fingerprint density at radius 2 is 2.17 bits per heavy atom. The molecule has 2 heterocycles. The quantitative estimate of drug-likeness (QED) is 0.942. The lowest BCUT2D eigenvalue weighted by atomic mass is 9.94. The molecular formula is C18H23N3O2. The van der Waals surface area contributed by atoms with E-state index in [1.165, 1.54) is 0 Å². The van der Waals surface area contributed by atoms with Crippen LogP contribution < -0.4 is 0 Å². The van der Waals surface area contributed by atoms with Crippen molar-refractivity contribution in [3.8, 4) is 5.75 Å². The van der Waals surface area contributed by atoms with E-state index in [2.05, 4.69) is 16.5 Å². The Morgan fingerprint density at radius 1 is 1.43 bits per heavy atom. The number of aromatic hydroxyl groups is 1. The van der Waals surface area contributed by atoms with Gasteiger partial charge in [-0.1, -0.05) is 12.1 Å². The summed E-state index contributed by atoms with van der Waals surface area (Å²) < 4.78 is 2.13. The van der Waals surface area contributed by atoms with E-state index in [9.17, 15) is 9.90 Å². The molecule has 0 radical (unpaired) electrons. The van der Waals surface area contributed by atoms with E-state index in [0.717, 1.165) is 37.1 Å². The summed E-state index contributed by atoms with van der Waals surface area (Å²) in [5.41, 5.74) is 2.27.